The van der Waals surface area contributed by atoms with Crippen molar-refractivity contribution in [1.82, 2.24) is 10.6 Å². The highest BCUT2D eigenvalue weighted by Crippen LogP contribution is 2.57. The first-order valence-corrected chi connectivity index (χ1v) is 9.01. The maximum atomic E-state index is 10.2. The number of hydrogen-bond acceptors (Lipinski definition) is 3. The number of rotatable bonds is 6. The van der Waals surface area contributed by atoms with Crippen LogP contribution >= 0.6 is 24.0 Å². The van der Waals surface area contributed by atoms with Crippen LogP contribution in [-0.2, 0) is 4.74 Å². The molecule has 3 fully saturated rings. The van der Waals surface area contributed by atoms with Crippen molar-refractivity contribution >= 4 is 29.9 Å². The summed E-state index contributed by atoms with van der Waals surface area (Å²) in [6.07, 6.45) is 8.22. The van der Waals surface area contributed by atoms with E-state index in [1.165, 1.54) is 19.3 Å². The molecule has 0 aliphatic heterocycles. The molecule has 5 nitrogen and oxygen atoms in total. The Labute approximate surface area is 157 Å². The van der Waals surface area contributed by atoms with Crippen molar-refractivity contribution in [2.75, 3.05) is 19.7 Å². The van der Waals surface area contributed by atoms with E-state index in [0.29, 0.717) is 24.1 Å². The molecule has 3 N–H and O–H groups in total. The van der Waals surface area contributed by atoms with E-state index in [2.05, 4.69) is 29.5 Å². The summed E-state index contributed by atoms with van der Waals surface area (Å²) in [5, 5.41) is 17.1. The second-order valence-electron chi connectivity index (χ2n) is 7.24. The van der Waals surface area contributed by atoms with E-state index >= 15 is 0 Å². The molecule has 3 rings (SSSR count). The molecule has 23 heavy (non-hydrogen) atoms. The number of aliphatic imine (C=N–C) groups is 1. The van der Waals surface area contributed by atoms with Gasteiger partial charge in [0, 0.05) is 24.6 Å². The highest BCUT2D eigenvalue weighted by molar-refractivity contribution is 14.0. The fraction of sp³-hybridized carbons (Fsp3) is 0.941. The molecule has 0 bridgehead atoms. The minimum absolute atomic E-state index is 0. The van der Waals surface area contributed by atoms with Crippen LogP contribution in [0.25, 0.3) is 0 Å². The van der Waals surface area contributed by atoms with Crippen LogP contribution in [0.3, 0.4) is 0 Å². The number of nitrogens with one attached hydrogen (secondary N) is 2. The maximum Gasteiger partial charge on any atom is 0.191 e. The van der Waals surface area contributed by atoms with E-state index in [4.69, 9.17) is 4.74 Å². The van der Waals surface area contributed by atoms with Gasteiger partial charge in [0.2, 0.25) is 0 Å². The monoisotopic (exact) mass is 437 g/mol. The van der Waals surface area contributed by atoms with Crippen LogP contribution in [-0.4, -0.2) is 48.5 Å². The van der Waals surface area contributed by atoms with E-state index in [1.807, 2.05) is 0 Å². The Balaban J connectivity index is 0.00000192. The summed E-state index contributed by atoms with van der Waals surface area (Å²) < 4.78 is 5.91. The number of halogens is 1. The molecule has 0 aromatic heterocycles. The SMILES string of the molecule is CCNC(=NCC1(O)CCC1)NC1CC(OCC)C12CCC2.I. The number of nitrogens with zero attached hydrogens (tertiary/aromatic N) is 1. The summed E-state index contributed by atoms with van der Waals surface area (Å²) in [6, 6.07) is 0.464. The van der Waals surface area contributed by atoms with Crippen LogP contribution in [0.4, 0.5) is 0 Å². The molecule has 0 aromatic carbocycles. The van der Waals surface area contributed by atoms with Gasteiger partial charge in [0.1, 0.15) is 0 Å². The molecule has 0 amide bonds. The lowest BCUT2D eigenvalue weighted by Crippen LogP contribution is -2.68. The van der Waals surface area contributed by atoms with Gasteiger partial charge in [-0.25, -0.2) is 0 Å². The molecule has 134 valence electrons. The second-order valence-corrected chi connectivity index (χ2v) is 7.24. The van der Waals surface area contributed by atoms with Crippen LogP contribution in [0.5, 0.6) is 0 Å². The lowest BCUT2D eigenvalue weighted by Gasteiger charge is -2.61. The molecule has 2 atom stereocenters. The third kappa shape index (κ3) is 3.79. The fourth-order valence-electron chi connectivity index (χ4n) is 4.09. The number of aliphatic hydroxyl groups is 1. The topological polar surface area (TPSA) is 65.9 Å². The number of ether oxygens (including phenoxy) is 1. The largest absolute Gasteiger partial charge is 0.388 e. The average Bonchev–Trinajstić information content (AvgIpc) is 2.39. The summed E-state index contributed by atoms with van der Waals surface area (Å²) in [6.45, 7) is 6.33. The van der Waals surface area contributed by atoms with Gasteiger partial charge >= 0.3 is 0 Å². The van der Waals surface area contributed by atoms with Crippen LogP contribution in [0.1, 0.15) is 58.8 Å². The zero-order chi connectivity index (χ0) is 15.6. The highest BCUT2D eigenvalue weighted by Gasteiger charge is 2.59. The van der Waals surface area contributed by atoms with Crippen molar-refractivity contribution in [2.24, 2.45) is 10.4 Å². The molecule has 1 spiro atoms. The Morgan fingerprint density at radius 2 is 1.91 bits per heavy atom. The van der Waals surface area contributed by atoms with Crippen LogP contribution in [0, 0.1) is 5.41 Å². The molecule has 3 aliphatic carbocycles. The van der Waals surface area contributed by atoms with Gasteiger partial charge in [-0.3, -0.25) is 4.99 Å². The first-order chi connectivity index (χ1) is 10.6. The first kappa shape index (κ1) is 19.2. The van der Waals surface area contributed by atoms with Gasteiger partial charge in [0.15, 0.2) is 5.96 Å². The fourth-order valence-corrected chi connectivity index (χ4v) is 4.09. The lowest BCUT2D eigenvalue weighted by molar-refractivity contribution is -0.168. The molecule has 2 unspecified atom stereocenters. The van der Waals surface area contributed by atoms with Crippen molar-refractivity contribution in [1.29, 1.82) is 0 Å². The molecule has 3 saturated carbocycles. The van der Waals surface area contributed by atoms with Gasteiger partial charge in [0.05, 0.1) is 18.2 Å². The van der Waals surface area contributed by atoms with Gasteiger partial charge in [-0.15, -0.1) is 24.0 Å². The highest BCUT2D eigenvalue weighted by atomic mass is 127. The predicted octanol–water partition coefficient (Wildman–Crippen LogP) is 2.42. The Kier molecular flexibility index (Phi) is 6.58. The summed E-state index contributed by atoms with van der Waals surface area (Å²) in [5.41, 5.74) is -0.219. The maximum absolute atomic E-state index is 10.2. The zero-order valence-corrected chi connectivity index (χ0v) is 16.8. The summed E-state index contributed by atoms with van der Waals surface area (Å²) in [4.78, 5) is 4.63. The van der Waals surface area contributed by atoms with Gasteiger partial charge in [-0.1, -0.05) is 6.42 Å². The number of hydrogen-bond donors (Lipinski definition) is 3. The Morgan fingerprint density at radius 3 is 2.39 bits per heavy atom. The Bertz CT molecular complexity index is 422. The molecule has 0 aromatic rings. The Hall–Kier alpha value is -0.0800. The standard InChI is InChI=1S/C17H31N3O2.HI/c1-3-18-15(19-12-16(21)7-5-8-16)20-13-11-14(22-4-2)17(13)9-6-10-17;/h13-14,21H,3-12H2,1-2H3,(H2,18,19,20);1H. The van der Waals surface area contributed by atoms with E-state index < -0.39 is 5.60 Å². The number of guanidine groups is 1. The molecular formula is C17H32IN3O2. The predicted molar refractivity (Wildman–Crippen MR) is 103 cm³/mol. The van der Waals surface area contributed by atoms with Crippen molar-refractivity contribution in [2.45, 2.75) is 76.5 Å². The van der Waals surface area contributed by atoms with Gasteiger partial charge in [-0.05, 0) is 52.4 Å². The quantitative estimate of drug-likeness (QED) is 0.339. The second kappa shape index (κ2) is 7.87. The van der Waals surface area contributed by atoms with E-state index in [1.54, 1.807) is 0 Å². The van der Waals surface area contributed by atoms with Crippen molar-refractivity contribution in [3.05, 3.63) is 0 Å². The van der Waals surface area contributed by atoms with Gasteiger partial charge in [0.25, 0.3) is 0 Å². The lowest BCUT2D eigenvalue weighted by atomic mass is 9.51. The minimum Gasteiger partial charge on any atom is -0.388 e. The zero-order valence-electron chi connectivity index (χ0n) is 14.4. The van der Waals surface area contributed by atoms with Gasteiger partial charge in [-0.2, -0.15) is 0 Å². The first-order valence-electron chi connectivity index (χ1n) is 9.01. The van der Waals surface area contributed by atoms with Crippen molar-refractivity contribution in [3.8, 4) is 0 Å². The smallest absolute Gasteiger partial charge is 0.191 e. The molecule has 6 heteroatoms. The summed E-state index contributed by atoms with van der Waals surface area (Å²) in [7, 11) is 0. The molecule has 0 heterocycles. The summed E-state index contributed by atoms with van der Waals surface area (Å²) in [5.74, 6) is 0.856. The molecular weight excluding hydrogens is 405 g/mol. The van der Waals surface area contributed by atoms with E-state index in [0.717, 1.165) is 44.8 Å². The molecule has 0 radical (unpaired) electrons. The third-order valence-corrected chi connectivity index (χ3v) is 5.91. The van der Waals surface area contributed by atoms with Crippen molar-refractivity contribution in [3.63, 3.8) is 0 Å². The van der Waals surface area contributed by atoms with Gasteiger partial charge < -0.3 is 20.5 Å². The Morgan fingerprint density at radius 1 is 1.22 bits per heavy atom. The third-order valence-electron chi connectivity index (χ3n) is 5.91. The van der Waals surface area contributed by atoms with Crippen LogP contribution in [0.2, 0.25) is 0 Å². The molecule has 3 aliphatic rings. The normalized spacial score (nSPS) is 30.5. The minimum atomic E-state index is -0.552. The molecule has 0 saturated heterocycles. The van der Waals surface area contributed by atoms with Crippen LogP contribution in [0.15, 0.2) is 4.99 Å². The average molecular weight is 437 g/mol. The van der Waals surface area contributed by atoms with E-state index in [9.17, 15) is 5.11 Å². The van der Waals surface area contributed by atoms with Crippen LogP contribution < -0.4 is 10.6 Å². The van der Waals surface area contributed by atoms with Crippen molar-refractivity contribution < 1.29 is 9.84 Å². The summed E-state index contributed by atoms with van der Waals surface area (Å²) >= 11 is 0. The van der Waals surface area contributed by atoms with E-state index in [-0.39, 0.29) is 24.0 Å².